The van der Waals surface area contributed by atoms with Crippen LogP contribution in [0, 0.1) is 5.92 Å². The van der Waals surface area contributed by atoms with Crippen LogP contribution in [0.4, 0.5) is 0 Å². The fourth-order valence-corrected chi connectivity index (χ4v) is 5.64. The van der Waals surface area contributed by atoms with E-state index in [0.717, 1.165) is 12.7 Å². The molecular formula is C21H39NO7SSi. The molecule has 2 aliphatic heterocycles. The first-order valence-corrected chi connectivity index (χ1v) is 15.9. The van der Waals surface area contributed by atoms with E-state index in [2.05, 4.69) is 39.2 Å². The largest absolute Gasteiger partial charge is 0.460 e. The van der Waals surface area contributed by atoms with Crippen LogP contribution >= 0.6 is 0 Å². The first-order valence-electron chi connectivity index (χ1n) is 11.2. The van der Waals surface area contributed by atoms with Crippen molar-refractivity contribution >= 4 is 30.3 Å². The zero-order valence-electron chi connectivity index (χ0n) is 19.8. The molecule has 0 aromatic carbocycles. The van der Waals surface area contributed by atoms with E-state index in [0.29, 0.717) is 45.1 Å². The van der Waals surface area contributed by atoms with Crippen LogP contribution in [0.25, 0.3) is 0 Å². The number of unbranched alkanes of at least 4 members (excludes halogenated alkanes) is 1. The van der Waals surface area contributed by atoms with E-state index in [1.165, 1.54) is 0 Å². The summed E-state index contributed by atoms with van der Waals surface area (Å²) in [5.74, 6) is -0.740. The summed E-state index contributed by atoms with van der Waals surface area (Å²) in [4.78, 5) is 24.8. The summed E-state index contributed by atoms with van der Waals surface area (Å²) in [6.07, 6.45) is 4.71. The SMILES string of the molecule is CC(C)(C)[Si](C)(C)OCCCC1OC(=O)[C@H](CCCCOS(C)(=O)=O)[C@@]12CCC(=O)N2. The van der Waals surface area contributed by atoms with Crippen LogP contribution in [0.1, 0.15) is 65.7 Å². The van der Waals surface area contributed by atoms with Crippen molar-refractivity contribution in [3.05, 3.63) is 0 Å². The molecule has 1 unspecified atom stereocenters. The van der Waals surface area contributed by atoms with E-state index in [9.17, 15) is 18.0 Å². The molecule has 0 aromatic rings. The predicted octanol–water partition coefficient (Wildman–Crippen LogP) is 3.13. The number of nitrogens with one attached hydrogen (secondary N) is 1. The smallest absolute Gasteiger partial charge is 0.311 e. The van der Waals surface area contributed by atoms with Gasteiger partial charge in [-0.3, -0.25) is 13.8 Å². The van der Waals surface area contributed by atoms with E-state index in [4.69, 9.17) is 13.3 Å². The number of amides is 1. The van der Waals surface area contributed by atoms with Crippen molar-refractivity contribution in [2.75, 3.05) is 19.5 Å². The Kier molecular flexibility index (Phi) is 8.38. The van der Waals surface area contributed by atoms with Crippen molar-refractivity contribution in [3.63, 3.8) is 0 Å². The van der Waals surface area contributed by atoms with Gasteiger partial charge in [0.05, 0.1) is 24.3 Å². The molecule has 2 saturated heterocycles. The number of hydrogen-bond acceptors (Lipinski definition) is 7. The van der Waals surface area contributed by atoms with Gasteiger partial charge in [0.2, 0.25) is 5.91 Å². The van der Waals surface area contributed by atoms with Crippen LogP contribution in [0.2, 0.25) is 18.1 Å². The van der Waals surface area contributed by atoms with Crippen LogP contribution in [0.3, 0.4) is 0 Å². The number of carbonyl (C=O) groups excluding carboxylic acids is 2. The van der Waals surface area contributed by atoms with Crippen LogP contribution in [0.5, 0.6) is 0 Å². The van der Waals surface area contributed by atoms with Crippen molar-refractivity contribution in [3.8, 4) is 0 Å². The van der Waals surface area contributed by atoms with Gasteiger partial charge in [-0.05, 0) is 50.2 Å². The Bertz CT molecular complexity index is 762. The molecule has 1 amide bonds. The average molecular weight is 478 g/mol. The minimum Gasteiger partial charge on any atom is -0.460 e. The molecule has 180 valence electrons. The quantitative estimate of drug-likeness (QED) is 0.211. The molecule has 3 atom stereocenters. The Morgan fingerprint density at radius 3 is 2.35 bits per heavy atom. The Hall–Kier alpha value is -0.973. The number of rotatable bonds is 11. The second-order valence-electron chi connectivity index (χ2n) is 10.3. The van der Waals surface area contributed by atoms with Gasteiger partial charge in [0, 0.05) is 13.0 Å². The van der Waals surface area contributed by atoms with E-state index in [1.807, 2.05) is 0 Å². The molecule has 2 rings (SSSR count). The molecule has 0 aromatic heterocycles. The van der Waals surface area contributed by atoms with Crippen LogP contribution in [-0.2, 0) is 33.1 Å². The Labute approximate surface area is 188 Å². The summed E-state index contributed by atoms with van der Waals surface area (Å²) in [5.41, 5.74) is -0.664. The van der Waals surface area contributed by atoms with Gasteiger partial charge in [0.25, 0.3) is 10.1 Å². The summed E-state index contributed by atoms with van der Waals surface area (Å²) in [5, 5.41) is 3.20. The lowest BCUT2D eigenvalue weighted by Crippen LogP contribution is -2.53. The number of carbonyl (C=O) groups is 2. The molecular weight excluding hydrogens is 438 g/mol. The lowest BCUT2D eigenvalue weighted by molar-refractivity contribution is -0.144. The topological polar surface area (TPSA) is 108 Å². The lowest BCUT2D eigenvalue weighted by atomic mass is 9.76. The highest BCUT2D eigenvalue weighted by atomic mass is 32.2. The van der Waals surface area contributed by atoms with E-state index >= 15 is 0 Å². The highest BCUT2D eigenvalue weighted by molar-refractivity contribution is 7.85. The second kappa shape index (κ2) is 9.89. The molecule has 2 fully saturated rings. The maximum atomic E-state index is 12.7. The van der Waals surface area contributed by atoms with Crippen molar-refractivity contribution in [1.29, 1.82) is 0 Å². The standard InChI is InChI=1S/C21H39NO7SSi/c1-20(2,3)31(5,6)28-15-9-11-17-21(13-12-18(23)22-21)16(19(24)29-17)10-7-8-14-27-30(4,25)26/h16-17H,7-15H2,1-6H3,(H,22,23)/t16-,17?,21-/m0/s1. The van der Waals surface area contributed by atoms with Crippen LogP contribution in [0.15, 0.2) is 0 Å². The lowest BCUT2D eigenvalue weighted by Gasteiger charge is -2.36. The third kappa shape index (κ3) is 6.75. The van der Waals surface area contributed by atoms with Crippen molar-refractivity contribution in [2.45, 2.75) is 95.5 Å². The van der Waals surface area contributed by atoms with Crippen molar-refractivity contribution in [1.82, 2.24) is 5.32 Å². The maximum absolute atomic E-state index is 12.7. The summed E-state index contributed by atoms with van der Waals surface area (Å²) in [7, 11) is -5.29. The van der Waals surface area contributed by atoms with Gasteiger partial charge < -0.3 is 14.5 Å². The molecule has 2 heterocycles. The van der Waals surface area contributed by atoms with Gasteiger partial charge in [-0.25, -0.2) is 0 Å². The normalized spacial score (nSPS) is 27.0. The highest BCUT2D eigenvalue weighted by Crippen LogP contribution is 2.44. The summed E-state index contributed by atoms with van der Waals surface area (Å²) >= 11 is 0. The van der Waals surface area contributed by atoms with Gasteiger partial charge in [0.15, 0.2) is 8.32 Å². The number of ether oxygens (including phenoxy) is 1. The monoisotopic (exact) mass is 477 g/mol. The molecule has 0 saturated carbocycles. The molecule has 8 nitrogen and oxygen atoms in total. The Morgan fingerprint density at radius 2 is 1.81 bits per heavy atom. The number of hydrogen-bond donors (Lipinski definition) is 1. The number of esters is 1. The molecule has 2 aliphatic rings. The molecule has 1 spiro atoms. The Morgan fingerprint density at radius 1 is 1.13 bits per heavy atom. The zero-order valence-corrected chi connectivity index (χ0v) is 21.6. The van der Waals surface area contributed by atoms with E-state index in [-0.39, 0.29) is 29.6 Å². The van der Waals surface area contributed by atoms with Gasteiger partial charge in [-0.1, -0.05) is 27.2 Å². The highest BCUT2D eigenvalue weighted by Gasteiger charge is 2.59. The molecule has 31 heavy (non-hydrogen) atoms. The Balaban J connectivity index is 1.93. The number of cyclic esters (lactones) is 1. The zero-order chi connectivity index (χ0) is 23.5. The van der Waals surface area contributed by atoms with Gasteiger partial charge in [-0.2, -0.15) is 8.42 Å². The fourth-order valence-electron chi connectivity index (χ4n) is 4.14. The van der Waals surface area contributed by atoms with Gasteiger partial charge in [0.1, 0.15) is 6.10 Å². The fraction of sp³-hybridized carbons (Fsp3) is 0.905. The summed E-state index contributed by atoms with van der Waals surface area (Å²) in [6, 6.07) is 0. The van der Waals surface area contributed by atoms with Gasteiger partial charge >= 0.3 is 5.97 Å². The first kappa shape index (κ1) is 26.3. The summed E-state index contributed by atoms with van der Waals surface area (Å²) in [6.45, 7) is 11.7. The minimum absolute atomic E-state index is 0.0498. The van der Waals surface area contributed by atoms with Crippen LogP contribution < -0.4 is 5.32 Å². The third-order valence-corrected chi connectivity index (χ3v) is 12.1. The minimum atomic E-state index is -3.46. The molecule has 0 aliphatic carbocycles. The second-order valence-corrected chi connectivity index (χ2v) is 16.8. The summed E-state index contributed by atoms with van der Waals surface area (Å²) < 4.78 is 38.9. The molecule has 10 heteroatoms. The van der Waals surface area contributed by atoms with Crippen molar-refractivity contribution < 1.29 is 31.4 Å². The molecule has 0 bridgehead atoms. The van der Waals surface area contributed by atoms with E-state index < -0.39 is 29.9 Å². The van der Waals surface area contributed by atoms with E-state index in [1.54, 1.807) is 0 Å². The van der Waals surface area contributed by atoms with Crippen molar-refractivity contribution in [2.24, 2.45) is 5.92 Å². The predicted molar refractivity (Wildman–Crippen MR) is 121 cm³/mol. The average Bonchev–Trinajstić information content (AvgIpc) is 3.11. The third-order valence-electron chi connectivity index (χ3n) is 6.94. The molecule has 1 N–H and O–H groups in total. The van der Waals surface area contributed by atoms with Crippen LogP contribution in [-0.4, -0.2) is 59.7 Å². The van der Waals surface area contributed by atoms with Gasteiger partial charge in [-0.15, -0.1) is 0 Å². The maximum Gasteiger partial charge on any atom is 0.311 e. The molecule has 0 radical (unpaired) electrons. The first-order chi connectivity index (χ1) is 14.2.